The van der Waals surface area contributed by atoms with Gasteiger partial charge in [0.15, 0.2) is 11.4 Å². The molecule has 0 atom stereocenters. The highest BCUT2D eigenvalue weighted by Gasteiger charge is 2.18. The molecule has 44 heavy (non-hydrogen) atoms. The van der Waals surface area contributed by atoms with E-state index in [1.807, 2.05) is 13.0 Å². The first-order valence-corrected chi connectivity index (χ1v) is 15.3. The Balaban J connectivity index is 0.000000461. The number of phenols is 1. The van der Waals surface area contributed by atoms with Crippen molar-refractivity contribution in [3.63, 3.8) is 0 Å². The number of rotatable bonds is 9. The summed E-state index contributed by atoms with van der Waals surface area (Å²) >= 11 is 0. The van der Waals surface area contributed by atoms with Gasteiger partial charge in [0.2, 0.25) is 11.6 Å². The van der Waals surface area contributed by atoms with E-state index >= 15 is 0 Å². The Morgan fingerprint density at radius 1 is 0.886 bits per heavy atom. The molecule has 0 aliphatic heterocycles. The van der Waals surface area contributed by atoms with Gasteiger partial charge in [-0.15, -0.1) is 10.2 Å². The Kier molecular flexibility index (Phi) is 13.2. The van der Waals surface area contributed by atoms with Crippen LogP contribution < -0.4 is 10.6 Å². The lowest BCUT2D eigenvalue weighted by atomic mass is 9.91. The predicted molar refractivity (Wildman–Crippen MR) is 174 cm³/mol. The summed E-state index contributed by atoms with van der Waals surface area (Å²) in [7, 11) is 0. The van der Waals surface area contributed by atoms with Crippen LogP contribution in [0.4, 0.5) is 11.4 Å². The second-order valence-electron chi connectivity index (χ2n) is 10.3. The molecule has 0 spiro atoms. The topological polar surface area (TPSA) is 145 Å². The molecule has 0 saturated heterocycles. The van der Waals surface area contributed by atoms with E-state index in [1.165, 1.54) is 36.1 Å². The first-order valence-electron chi connectivity index (χ1n) is 15.3. The first kappa shape index (κ1) is 34.1. The third-order valence-electron chi connectivity index (χ3n) is 7.10. The third-order valence-corrected chi connectivity index (χ3v) is 7.10. The second-order valence-corrected chi connectivity index (χ2v) is 10.3. The maximum Gasteiger partial charge on any atom is 0.371 e. The summed E-state index contributed by atoms with van der Waals surface area (Å²) < 4.78 is 6.97. The Morgan fingerprint density at radius 2 is 1.55 bits per heavy atom. The number of fused-ring (bicyclic) bond motifs is 1. The standard InChI is InChI=1S/C26H23N3O5.2C4H11N/c1-15-14-29(18-10-9-16-5-2-3-6-17(16)13-18)25(31)23(15)28-27-20-8-4-7-19(24(20)30)21-11-12-22(34-21)26(32)33;2*1-3-5-4-2/h4,7-14,30-31H,2-3,5-6H2,1H3,(H,32,33);2*5H,3-4H2,1-2H3. The smallest absolute Gasteiger partial charge is 0.371 e. The average Bonchev–Trinajstić information content (AvgIpc) is 3.63. The molecule has 236 valence electrons. The molecular formula is C34H45N5O5. The lowest BCUT2D eigenvalue weighted by Crippen LogP contribution is -2.09. The molecule has 2 aromatic heterocycles. The maximum absolute atomic E-state index is 11.1. The minimum atomic E-state index is -1.20. The van der Waals surface area contributed by atoms with Crippen LogP contribution in [0.2, 0.25) is 0 Å². The van der Waals surface area contributed by atoms with Gasteiger partial charge in [0, 0.05) is 11.9 Å². The highest BCUT2D eigenvalue weighted by atomic mass is 16.4. The van der Waals surface area contributed by atoms with E-state index < -0.39 is 5.97 Å². The Morgan fingerprint density at radius 3 is 2.14 bits per heavy atom. The molecule has 0 saturated carbocycles. The SMILES string of the molecule is CCNCC.CCNCC.Cc1cn(-c2ccc3c(c2)CCCC3)c(O)c1N=Nc1cccc(-c2ccc(C(=O)O)o2)c1O. The molecular weight excluding hydrogens is 558 g/mol. The summed E-state index contributed by atoms with van der Waals surface area (Å²) in [5.74, 6) is -1.47. The number of aryl methyl sites for hydroxylation is 3. The summed E-state index contributed by atoms with van der Waals surface area (Å²) in [6.45, 7) is 14.6. The number of furan rings is 1. The number of para-hydroxylation sites is 1. The van der Waals surface area contributed by atoms with Crippen LogP contribution >= 0.6 is 0 Å². The van der Waals surface area contributed by atoms with Crippen LogP contribution in [-0.4, -0.2) is 52.0 Å². The van der Waals surface area contributed by atoms with Crippen molar-refractivity contribution in [2.45, 2.75) is 60.3 Å². The molecule has 1 aliphatic carbocycles. The number of carbonyl (C=O) groups is 1. The number of hydrogen-bond acceptors (Lipinski definition) is 8. The number of nitrogens with zero attached hydrogens (tertiary/aromatic N) is 3. The molecule has 0 fully saturated rings. The van der Waals surface area contributed by atoms with Crippen LogP contribution in [0.3, 0.4) is 0 Å². The molecule has 5 rings (SSSR count). The van der Waals surface area contributed by atoms with Crippen LogP contribution in [0.5, 0.6) is 11.6 Å². The average molecular weight is 604 g/mol. The number of carboxylic acid groups (broad SMARTS) is 1. The van der Waals surface area contributed by atoms with Gasteiger partial charge in [0.05, 0.1) is 5.56 Å². The first-order chi connectivity index (χ1) is 21.2. The van der Waals surface area contributed by atoms with Crippen LogP contribution in [-0.2, 0) is 12.8 Å². The van der Waals surface area contributed by atoms with Crippen molar-refractivity contribution < 1.29 is 24.5 Å². The van der Waals surface area contributed by atoms with E-state index in [0.717, 1.165) is 50.3 Å². The van der Waals surface area contributed by atoms with E-state index in [4.69, 9.17) is 9.52 Å². The molecule has 10 heteroatoms. The minimum Gasteiger partial charge on any atom is -0.505 e. The Bertz CT molecular complexity index is 1530. The van der Waals surface area contributed by atoms with Crippen molar-refractivity contribution in [1.29, 1.82) is 0 Å². The molecule has 0 unspecified atom stereocenters. The number of azo groups is 1. The fraction of sp³-hybridized carbons (Fsp3) is 0.382. The number of aromatic carboxylic acids is 1. The summed E-state index contributed by atoms with van der Waals surface area (Å²) in [5, 5.41) is 45.2. The van der Waals surface area contributed by atoms with Gasteiger partial charge in [-0.25, -0.2) is 4.79 Å². The number of hydrogen-bond donors (Lipinski definition) is 5. The monoisotopic (exact) mass is 603 g/mol. The lowest BCUT2D eigenvalue weighted by Gasteiger charge is -2.17. The lowest BCUT2D eigenvalue weighted by molar-refractivity contribution is 0.0663. The van der Waals surface area contributed by atoms with Crippen molar-refractivity contribution >= 4 is 17.3 Å². The highest BCUT2D eigenvalue weighted by molar-refractivity contribution is 5.85. The van der Waals surface area contributed by atoms with Crippen molar-refractivity contribution in [2.24, 2.45) is 10.2 Å². The Labute approximate surface area is 259 Å². The van der Waals surface area contributed by atoms with Gasteiger partial charge in [-0.1, -0.05) is 39.8 Å². The van der Waals surface area contributed by atoms with Gasteiger partial charge in [0.25, 0.3) is 0 Å². The molecule has 2 aromatic carbocycles. The van der Waals surface area contributed by atoms with Gasteiger partial charge in [0.1, 0.15) is 11.4 Å². The van der Waals surface area contributed by atoms with Crippen molar-refractivity contribution in [3.8, 4) is 28.6 Å². The number of benzene rings is 2. The van der Waals surface area contributed by atoms with Gasteiger partial charge in [-0.2, -0.15) is 0 Å². The molecule has 5 N–H and O–H groups in total. The number of nitrogens with one attached hydrogen (secondary N) is 2. The molecule has 1 aliphatic rings. The zero-order valence-electron chi connectivity index (χ0n) is 26.4. The van der Waals surface area contributed by atoms with Gasteiger partial charge in [-0.05, 0) is 112 Å². The zero-order chi connectivity index (χ0) is 32.1. The summed E-state index contributed by atoms with van der Waals surface area (Å²) in [5.41, 5.74) is 5.01. The fourth-order valence-electron chi connectivity index (χ4n) is 4.81. The number of carboxylic acids is 1. The van der Waals surface area contributed by atoms with E-state index in [2.05, 4.69) is 60.7 Å². The van der Waals surface area contributed by atoms with E-state index in [9.17, 15) is 15.0 Å². The highest BCUT2D eigenvalue weighted by Crippen LogP contribution is 2.41. The largest absolute Gasteiger partial charge is 0.505 e. The minimum absolute atomic E-state index is 0.0372. The van der Waals surface area contributed by atoms with E-state index in [1.54, 1.807) is 29.0 Å². The predicted octanol–water partition coefficient (Wildman–Crippen LogP) is 7.68. The molecule has 0 radical (unpaired) electrons. The number of aromatic nitrogens is 1. The molecule has 0 amide bonds. The Hall–Kier alpha value is -4.41. The molecule has 10 nitrogen and oxygen atoms in total. The molecule has 4 aromatic rings. The third kappa shape index (κ3) is 8.81. The quantitative estimate of drug-likeness (QED) is 0.123. The summed E-state index contributed by atoms with van der Waals surface area (Å²) in [6.07, 6.45) is 6.31. The molecule has 2 heterocycles. The van der Waals surface area contributed by atoms with Gasteiger partial charge in [-0.3, -0.25) is 4.57 Å². The molecule has 0 bridgehead atoms. The van der Waals surface area contributed by atoms with Gasteiger partial charge >= 0.3 is 5.97 Å². The van der Waals surface area contributed by atoms with Crippen LogP contribution in [0, 0.1) is 6.92 Å². The van der Waals surface area contributed by atoms with Gasteiger partial charge < -0.3 is 30.4 Å². The van der Waals surface area contributed by atoms with Crippen molar-refractivity contribution in [2.75, 3.05) is 26.2 Å². The normalized spacial score (nSPS) is 12.2. The maximum atomic E-state index is 11.1. The van der Waals surface area contributed by atoms with Crippen LogP contribution in [0.25, 0.3) is 17.0 Å². The van der Waals surface area contributed by atoms with Crippen LogP contribution in [0.15, 0.2) is 69.4 Å². The van der Waals surface area contributed by atoms with Crippen molar-refractivity contribution in [3.05, 3.63) is 77.2 Å². The van der Waals surface area contributed by atoms with Crippen molar-refractivity contribution in [1.82, 2.24) is 15.2 Å². The summed E-state index contributed by atoms with van der Waals surface area (Å²) in [6, 6.07) is 13.8. The summed E-state index contributed by atoms with van der Waals surface area (Å²) in [4.78, 5) is 11.1. The van der Waals surface area contributed by atoms with E-state index in [-0.39, 0.29) is 34.4 Å². The van der Waals surface area contributed by atoms with Crippen LogP contribution in [0.1, 0.15) is 67.8 Å². The zero-order valence-corrected chi connectivity index (χ0v) is 26.4. The number of phenolic OH excluding ortho intramolecular Hbond substituents is 1. The second kappa shape index (κ2) is 17.0. The number of aromatic hydroxyl groups is 2. The van der Waals surface area contributed by atoms with E-state index in [0.29, 0.717) is 5.69 Å². The fourth-order valence-corrected chi connectivity index (χ4v) is 4.81.